The number of ether oxygens (including phenoxy) is 1. The molecule has 10 nitrogen and oxygen atoms in total. The minimum absolute atomic E-state index is 0.121. The van der Waals surface area contributed by atoms with Crippen molar-refractivity contribution in [1.82, 2.24) is 24.5 Å². The molecule has 1 aliphatic rings. The van der Waals surface area contributed by atoms with Crippen LogP contribution in [0.4, 0.5) is 0 Å². The number of hydrogen-bond acceptors (Lipinski definition) is 6. The van der Waals surface area contributed by atoms with E-state index in [4.69, 9.17) is 4.74 Å². The van der Waals surface area contributed by atoms with Crippen LogP contribution in [-0.4, -0.2) is 66.6 Å². The van der Waals surface area contributed by atoms with E-state index in [0.717, 1.165) is 5.56 Å². The molecule has 1 aromatic carbocycles. The summed E-state index contributed by atoms with van der Waals surface area (Å²) >= 11 is 0. The minimum atomic E-state index is -3.82. The van der Waals surface area contributed by atoms with E-state index in [1.54, 1.807) is 26.4 Å². The van der Waals surface area contributed by atoms with Crippen molar-refractivity contribution in [1.29, 1.82) is 0 Å². The second-order valence-electron chi connectivity index (χ2n) is 7.79. The van der Waals surface area contributed by atoms with Crippen LogP contribution in [0, 0.1) is 20.8 Å². The molecule has 1 aromatic heterocycles. The molecule has 0 unspecified atom stereocenters. The lowest BCUT2D eigenvalue weighted by atomic mass is 10.1. The number of amides is 2. The first-order valence-corrected chi connectivity index (χ1v) is 11.9. The lowest BCUT2D eigenvalue weighted by Gasteiger charge is -2.24. The third-order valence-electron chi connectivity index (χ3n) is 5.20. The van der Waals surface area contributed by atoms with E-state index < -0.39 is 28.1 Å². The number of hydrogen-bond donors (Lipinski definition) is 2. The third kappa shape index (κ3) is 5.53. The van der Waals surface area contributed by atoms with Gasteiger partial charge in [0.15, 0.2) is 0 Å². The molecule has 0 radical (unpaired) electrons. The van der Waals surface area contributed by atoms with Gasteiger partial charge in [-0.05, 0) is 38.3 Å². The predicted molar refractivity (Wildman–Crippen MR) is 117 cm³/mol. The van der Waals surface area contributed by atoms with Crippen molar-refractivity contribution < 1.29 is 22.7 Å². The predicted octanol–water partition coefficient (Wildman–Crippen LogP) is 0.478. The van der Waals surface area contributed by atoms with Gasteiger partial charge in [-0.2, -0.15) is 4.31 Å². The molecule has 174 valence electrons. The first kappa shape index (κ1) is 23.9. The summed E-state index contributed by atoms with van der Waals surface area (Å²) in [7, 11) is -3.82. The van der Waals surface area contributed by atoms with Crippen molar-refractivity contribution in [3.05, 3.63) is 47.5 Å². The zero-order chi connectivity index (χ0) is 23.3. The Hall–Kier alpha value is -2.76. The Kier molecular flexibility index (Phi) is 7.64. The van der Waals surface area contributed by atoms with E-state index in [9.17, 15) is 18.0 Å². The fourth-order valence-electron chi connectivity index (χ4n) is 3.86. The van der Waals surface area contributed by atoms with Crippen molar-refractivity contribution in [3.8, 4) is 0 Å². The molecule has 0 aliphatic carbocycles. The van der Waals surface area contributed by atoms with Gasteiger partial charge >= 0.3 is 11.8 Å². The van der Waals surface area contributed by atoms with Crippen LogP contribution >= 0.6 is 0 Å². The Bertz CT molecular complexity index is 1050. The van der Waals surface area contributed by atoms with Gasteiger partial charge in [-0.25, -0.2) is 13.4 Å². The standard InChI is InChI=1S/C21H29N5O5S/c1-15-11-16(2)19(17(3)12-15)32(29,30)26-9-10-31-18(26)13-24-21(28)20(27)23-5-4-7-25-8-6-22-14-25/h6,8,11-12,14,18H,4-5,7,9-10,13H2,1-3H3,(H,23,27)(H,24,28)/t18-/m1/s1. The molecule has 1 saturated heterocycles. The van der Waals surface area contributed by atoms with Crippen molar-refractivity contribution >= 4 is 21.8 Å². The molecule has 2 heterocycles. The van der Waals surface area contributed by atoms with Crippen molar-refractivity contribution in [2.45, 2.75) is 44.9 Å². The van der Waals surface area contributed by atoms with E-state index >= 15 is 0 Å². The van der Waals surface area contributed by atoms with Gasteiger partial charge in [0.25, 0.3) is 0 Å². The van der Waals surface area contributed by atoms with Gasteiger partial charge in [0.1, 0.15) is 6.23 Å². The number of aromatic nitrogens is 2. The van der Waals surface area contributed by atoms with Gasteiger partial charge in [-0.3, -0.25) is 9.59 Å². The molecule has 3 rings (SSSR count). The quantitative estimate of drug-likeness (QED) is 0.434. The van der Waals surface area contributed by atoms with E-state index in [0.29, 0.717) is 30.6 Å². The Morgan fingerprint density at radius 3 is 2.50 bits per heavy atom. The number of benzene rings is 1. The molecular formula is C21H29N5O5S. The number of nitrogens with one attached hydrogen (secondary N) is 2. The molecule has 0 bridgehead atoms. The fourth-order valence-corrected chi connectivity index (χ4v) is 5.78. The van der Waals surface area contributed by atoms with Crippen LogP contribution in [0.5, 0.6) is 0 Å². The maximum absolute atomic E-state index is 13.3. The molecule has 2 aromatic rings. The minimum Gasteiger partial charge on any atom is -0.359 e. The highest BCUT2D eigenvalue weighted by molar-refractivity contribution is 7.89. The van der Waals surface area contributed by atoms with Crippen LogP contribution < -0.4 is 10.6 Å². The molecule has 11 heteroatoms. The number of carbonyl (C=O) groups is 2. The molecule has 0 saturated carbocycles. The summed E-state index contributed by atoms with van der Waals surface area (Å²) in [5, 5.41) is 5.02. The van der Waals surface area contributed by atoms with Gasteiger partial charge < -0.3 is 19.9 Å². The molecule has 32 heavy (non-hydrogen) atoms. The Balaban J connectivity index is 1.54. The maximum Gasteiger partial charge on any atom is 0.309 e. The van der Waals surface area contributed by atoms with Gasteiger partial charge in [0.05, 0.1) is 24.4 Å². The summed E-state index contributed by atoms with van der Waals surface area (Å²) in [5.41, 5.74) is 2.30. The normalized spacial score (nSPS) is 16.8. The number of imidazole rings is 1. The summed E-state index contributed by atoms with van der Waals surface area (Å²) in [5.74, 6) is -1.60. The van der Waals surface area contributed by atoms with E-state index in [2.05, 4.69) is 15.6 Å². The van der Waals surface area contributed by atoms with Gasteiger partial charge in [0.2, 0.25) is 10.0 Å². The average Bonchev–Trinajstić information content (AvgIpc) is 3.40. The second-order valence-corrected chi connectivity index (χ2v) is 9.62. The van der Waals surface area contributed by atoms with Crippen LogP contribution in [0.2, 0.25) is 0 Å². The maximum atomic E-state index is 13.3. The topological polar surface area (TPSA) is 123 Å². The molecule has 0 spiro atoms. The zero-order valence-electron chi connectivity index (χ0n) is 18.5. The Morgan fingerprint density at radius 1 is 1.16 bits per heavy atom. The van der Waals surface area contributed by atoms with Crippen LogP contribution in [0.3, 0.4) is 0 Å². The molecular weight excluding hydrogens is 434 g/mol. The highest BCUT2D eigenvalue weighted by atomic mass is 32.2. The highest BCUT2D eigenvalue weighted by Gasteiger charge is 2.38. The van der Waals surface area contributed by atoms with E-state index in [-0.39, 0.29) is 24.6 Å². The van der Waals surface area contributed by atoms with Gasteiger partial charge in [0, 0.05) is 32.0 Å². The lowest BCUT2D eigenvalue weighted by molar-refractivity contribution is -0.139. The summed E-state index contributed by atoms with van der Waals surface area (Å²) in [4.78, 5) is 28.3. The highest BCUT2D eigenvalue weighted by Crippen LogP contribution is 2.28. The first-order chi connectivity index (χ1) is 15.2. The van der Waals surface area contributed by atoms with Gasteiger partial charge in [-0.15, -0.1) is 0 Å². The van der Waals surface area contributed by atoms with E-state index in [1.165, 1.54) is 4.31 Å². The number of carbonyl (C=O) groups excluding carboxylic acids is 2. The number of nitrogens with zero attached hydrogens (tertiary/aromatic N) is 3. The van der Waals surface area contributed by atoms with Crippen molar-refractivity contribution in [2.24, 2.45) is 0 Å². The SMILES string of the molecule is Cc1cc(C)c(S(=O)(=O)N2CCO[C@@H]2CNC(=O)C(=O)NCCCn2ccnc2)c(C)c1. The third-order valence-corrected chi connectivity index (χ3v) is 7.39. The zero-order valence-corrected chi connectivity index (χ0v) is 19.3. The summed E-state index contributed by atoms with van der Waals surface area (Å²) in [6.07, 6.45) is 4.92. The summed E-state index contributed by atoms with van der Waals surface area (Å²) in [6, 6.07) is 3.65. The molecule has 1 atom stereocenters. The fraction of sp³-hybridized carbons (Fsp3) is 0.476. The summed E-state index contributed by atoms with van der Waals surface area (Å²) < 4.78 is 35.2. The molecule has 1 aliphatic heterocycles. The smallest absolute Gasteiger partial charge is 0.309 e. The molecule has 2 amide bonds. The monoisotopic (exact) mass is 463 g/mol. The van der Waals surface area contributed by atoms with Crippen LogP contribution in [-0.2, 0) is 30.9 Å². The number of rotatable bonds is 8. The first-order valence-electron chi connectivity index (χ1n) is 10.4. The molecule has 1 fully saturated rings. The average molecular weight is 464 g/mol. The van der Waals surface area contributed by atoms with Crippen LogP contribution in [0.25, 0.3) is 0 Å². The van der Waals surface area contributed by atoms with Crippen LogP contribution in [0.15, 0.2) is 35.7 Å². The van der Waals surface area contributed by atoms with Crippen LogP contribution in [0.1, 0.15) is 23.1 Å². The van der Waals surface area contributed by atoms with Crippen molar-refractivity contribution in [3.63, 3.8) is 0 Å². The number of sulfonamides is 1. The van der Waals surface area contributed by atoms with Crippen molar-refractivity contribution in [2.75, 3.05) is 26.2 Å². The van der Waals surface area contributed by atoms with Gasteiger partial charge in [-0.1, -0.05) is 17.7 Å². The lowest BCUT2D eigenvalue weighted by Crippen LogP contribution is -2.47. The number of aryl methyl sites for hydroxylation is 4. The second kappa shape index (κ2) is 10.2. The van der Waals surface area contributed by atoms with E-state index in [1.807, 2.05) is 29.8 Å². The largest absolute Gasteiger partial charge is 0.359 e. The Labute approximate surface area is 188 Å². The summed E-state index contributed by atoms with van der Waals surface area (Å²) in [6.45, 7) is 6.70. The Morgan fingerprint density at radius 2 is 1.84 bits per heavy atom. The molecule has 2 N–H and O–H groups in total.